The minimum atomic E-state index is -0.104. The molecule has 0 aromatic heterocycles. The Morgan fingerprint density at radius 2 is 2.05 bits per heavy atom. The van der Waals surface area contributed by atoms with Crippen molar-refractivity contribution in [3.63, 3.8) is 0 Å². The maximum Gasteiger partial charge on any atom is 0.251 e. The number of rotatable bonds is 6. The zero-order chi connectivity index (χ0) is 14.1. The average Bonchev–Trinajstić information content (AvgIpc) is 2.41. The molecule has 0 atom stereocenters. The van der Waals surface area contributed by atoms with Crippen LogP contribution in [0.4, 0.5) is 0 Å². The molecule has 0 fully saturated rings. The second-order valence-electron chi connectivity index (χ2n) is 3.96. The summed E-state index contributed by atoms with van der Waals surface area (Å²) in [6.45, 7) is 3.80. The van der Waals surface area contributed by atoms with Gasteiger partial charge in [0, 0.05) is 29.7 Å². The summed E-state index contributed by atoms with van der Waals surface area (Å²) in [5.74, 6) is 0.311. The van der Waals surface area contributed by atoms with Gasteiger partial charge in [-0.05, 0) is 24.6 Å². The van der Waals surface area contributed by atoms with Gasteiger partial charge in [0.05, 0.1) is 0 Å². The lowest BCUT2D eigenvalue weighted by atomic mass is 10.2. The number of nitrogens with one attached hydrogen (secondary N) is 2. The van der Waals surface area contributed by atoms with Crippen LogP contribution in [-0.2, 0) is 0 Å². The standard InChI is InChI=1S/C13H19BrN4O.HI/c1-2-6-17-13(15)18-8-7-16-12(19)10-4-3-5-11(14)9-10;/h3-5,9H,2,6-8H2,1H3,(H,16,19)(H3,15,17,18);1H. The summed E-state index contributed by atoms with van der Waals surface area (Å²) in [7, 11) is 0. The van der Waals surface area contributed by atoms with Crippen LogP contribution in [0.15, 0.2) is 33.7 Å². The summed E-state index contributed by atoms with van der Waals surface area (Å²) in [5.41, 5.74) is 6.25. The van der Waals surface area contributed by atoms with E-state index in [1.807, 2.05) is 19.1 Å². The Labute approximate surface area is 144 Å². The zero-order valence-corrected chi connectivity index (χ0v) is 15.3. The first kappa shape index (κ1) is 19.2. The van der Waals surface area contributed by atoms with Crippen LogP contribution in [0.3, 0.4) is 0 Å². The second kappa shape index (κ2) is 10.9. The Hall–Kier alpha value is -0.830. The van der Waals surface area contributed by atoms with Crippen LogP contribution in [0.1, 0.15) is 23.7 Å². The Morgan fingerprint density at radius 3 is 2.70 bits per heavy atom. The summed E-state index contributed by atoms with van der Waals surface area (Å²) >= 11 is 3.33. The van der Waals surface area contributed by atoms with E-state index >= 15 is 0 Å². The molecule has 0 heterocycles. The number of carbonyl (C=O) groups is 1. The maximum atomic E-state index is 11.8. The molecule has 112 valence electrons. The molecule has 1 aromatic rings. The lowest BCUT2D eigenvalue weighted by molar-refractivity contribution is 0.0954. The van der Waals surface area contributed by atoms with Crippen molar-refractivity contribution >= 4 is 51.8 Å². The predicted molar refractivity (Wildman–Crippen MR) is 96.7 cm³/mol. The molecule has 0 saturated carbocycles. The molecule has 0 unspecified atom stereocenters. The fourth-order valence-corrected chi connectivity index (χ4v) is 1.79. The average molecular weight is 455 g/mol. The van der Waals surface area contributed by atoms with Crippen molar-refractivity contribution in [2.24, 2.45) is 10.7 Å². The van der Waals surface area contributed by atoms with Crippen molar-refractivity contribution in [2.45, 2.75) is 13.3 Å². The van der Waals surface area contributed by atoms with Gasteiger partial charge in [0.2, 0.25) is 0 Å². The van der Waals surface area contributed by atoms with Gasteiger partial charge in [-0.3, -0.25) is 9.79 Å². The van der Waals surface area contributed by atoms with E-state index < -0.39 is 0 Å². The Balaban J connectivity index is 0.00000361. The molecule has 5 nitrogen and oxygen atoms in total. The van der Waals surface area contributed by atoms with E-state index in [9.17, 15) is 4.79 Å². The zero-order valence-electron chi connectivity index (χ0n) is 11.4. The molecule has 0 aliphatic carbocycles. The van der Waals surface area contributed by atoms with Crippen LogP contribution < -0.4 is 16.4 Å². The molecule has 4 N–H and O–H groups in total. The summed E-state index contributed by atoms with van der Waals surface area (Å²) in [4.78, 5) is 15.9. The third-order valence-electron chi connectivity index (χ3n) is 2.31. The number of guanidine groups is 1. The highest BCUT2D eigenvalue weighted by Gasteiger charge is 2.04. The Bertz CT molecular complexity index is 454. The molecule has 7 heteroatoms. The first-order valence-electron chi connectivity index (χ1n) is 6.21. The molecule has 0 aliphatic heterocycles. The van der Waals surface area contributed by atoms with Gasteiger partial charge < -0.3 is 16.4 Å². The quantitative estimate of drug-likeness (QED) is 0.266. The topological polar surface area (TPSA) is 79.5 Å². The molecule has 1 aromatic carbocycles. The molecule has 0 bridgehead atoms. The van der Waals surface area contributed by atoms with Gasteiger partial charge in [-0.15, -0.1) is 24.0 Å². The highest BCUT2D eigenvalue weighted by Crippen LogP contribution is 2.11. The van der Waals surface area contributed by atoms with Crippen LogP contribution in [0.25, 0.3) is 0 Å². The lowest BCUT2D eigenvalue weighted by Gasteiger charge is -2.07. The van der Waals surface area contributed by atoms with Crippen LogP contribution in [0.2, 0.25) is 0 Å². The first-order chi connectivity index (χ1) is 9.13. The third-order valence-corrected chi connectivity index (χ3v) is 2.80. The molecular formula is C13H20BrIN4O. The fraction of sp³-hybridized carbons (Fsp3) is 0.385. The van der Waals surface area contributed by atoms with Gasteiger partial charge in [-0.2, -0.15) is 0 Å². The predicted octanol–water partition coefficient (Wildman–Crippen LogP) is 2.11. The van der Waals surface area contributed by atoms with Gasteiger partial charge in [0.1, 0.15) is 0 Å². The van der Waals surface area contributed by atoms with Crippen molar-refractivity contribution in [1.29, 1.82) is 0 Å². The number of halogens is 2. The number of hydrogen-bond acceptors (Lipinski definition) is 2. The molecule has 1 rings (SSSR count). The SMILES string of the molecule is CCCN=C(N)NCCNC(=O)c1cccc(Br)c1.I. The molecule has 0 radical (unpaired) electrons. The van der Waals surface area contributed by atoms with E-state index in [2.05, 4.69) is 31.6 Å². The van der Waals surface area contributed by atoms with Crippen LogP contribution in [-0.4, -0.2) is 31.5 Å². The van der Waals surface area contributed by atoms with Crippen molar-refractivity contribution in [2.75, 3.05) is 19.6 Å². The van der Waals surface area contributed by atoms with Crippen molar-refractivity contribution in [3.05, 3.63) is 34.3 Å². The van der Waals surface area contributed by atoms with E-state index in [-0.39, 0.29) is 29.9 Å². The van der Waals surface area contributed by atoms with Gasteiger partial charge >= 0.3 is 0 Å². The number of nitrogens with zero attached hydrogens (tertiary/aromatic N) is 1. The number of amides is 1. The lowest BCUT2D eigenvalue weighted by Crippen LogP contribution is -2.38. The highest BCUT2D eigenvalue weighted by atomic mass is 127. The summed E-state index contributed by atoms with van der Waals surface area (Å²) in [5, 5.41) is 5.74. The van der Waals surface area contributed by atoms with Crippen LogP contribution >= 0.6 is 39.9 Å². The number of aliphatic imine (C=N–C) groups is 1. The van der Waals surface area contributed by atoms with Crippen molar-refractivity contribution < 1.29 is 4.79 Å². The van der Waals surface area contributed by atoms with E-state index in [0.29, 0.717) is 31.2 Å². The molecule has 0 saturated heterocycles. The Kier molecular flexibility index (Phi) is 10.4. The molecule has 0 aliphatic rings. The minimum absolute atomic E-state index is 0. The molecule has 1 amide bonds. The monoisotopic (exact) mass is 454 g/mol. The van der Waals surface area contributed by atoms with Gasteiger partial charge in [-0.1, -0.05) is 28.9 Å². The number of hydrogen-bond donors (Lipinski definition) is 3. The Morgan fingerprint density at radius 1 is 1.35 bits per heavy atom. The first-order valence-corrected chi connectivity index (χ1v) is 7.00. The number of nitrogens with two attached hydrogens (primary N) is 1. The van der Waals surface area contributed by atoms with Crippen molar-refractivity contribution in [1.82, 2.24) is 10.6 Å². The summed E-state index contributed by atoms with van der Waals surface area (Å²) in [6.07, 6.45) is 0.960. The fourth-order valence-electron chi connectivity index (χ4n) is 1.39. The van der Waals surface area contributed by atoms with Gasteiger partial charge in [0.15, 0.2) is 5.96 Å². The second-order valence-corrected chi connectivity index (χ2v) is 4.88. The van der Waals surface area contributed by atoms with Crippen LogP contribution in [0, 0.1) is 0 Å². The minimum Gasteiger partial charge on any atom is -0.370 e. The summed E-state index contributed by atoms with van der Waals surface area (Å²) in [6, 6.07) is 7.25. The van der Waals surface area contributed by atoms with Crippen LogP contribution in [0.5, 0.6) is 0 Å². The van der Waals surface area contributed by atoms with Crippen molar-refractivity contribution in [3.8, 4) is 0 Å². The maximum absolute atomic E-state index is 11.8. The van der Waals surface area contributed by atoms with E-state index in [1.165, 1.54) is 0 Å². The van der Waals surface area contributed by atoms with E-state index in [1.54, 1.807) is 12.1 Å². The van der Waals surface area contributed by atoms with E-state index in [0.717, 1.165) is 10.9 Å². The smallest absolute Gasteiger partial charge is 0.251 e. The van der Waals surface area contributed by atoms with E-state index in [4.69, 9.17) is 5.73 Å². The third kappa shape index (κ3) is 7.68. The van der Waals surface area contributed by atoms with Gasteiger partial charge in [-0.25, -0.2) is 0 Å². The molecule has 0 spiro atoms. The normalized spacial score (nSPS) is 10.6. The summed E-state index contributed by atoms with van der Waals surface area (Å²) < 4.78 is 0.884. The molecular weight excluding hydrogens is 435 g/mol. The molecule has 20 heavy (non-hydrogen) atoms. The highest BCUT2D eigenvalue weighted by molar-refractivity contribution is 14.0. The van der Waals surface area contributed by atoms with Gasteiger partial charge in [0.25, 0.3) is 5.91 Å². The number of benzene rings is 1. The number of carbonyl (C=O) groups excluding carboxylic acids is 1. The largest absolute Gasteiger partial charge is 0.370 e.